The summed E-state index contributed by atoms with van der Waals surface area (Å²) in [7, 11) is 5.11. The minimum absolute atomic E-state index is 0.191. The molecule has 5 nitrogen and oxygen atoms in total. The molecule has 26 heavy (non-hydrogen) atoms. The lowest BCUT2D eigenvalue weighted by Gasteiger charge is -2.19. The van der Waals surface area contributed by atoms with Gasteiger partial charge in [-0.1, -0.05) is 24.3 Å². The summed E-state index contributed by atoms with van der Waals surface area (Å²) < 4.78 is 19.8. The highest BCUT2D eigenvalue weighted by atomic mass is 19.1. The predicted octanol–water partition coefficient (Wildman–Crippen LogP) is 3.16. The van der Waals surface area contributed by atoms with Crippen molar-refractivity contribution in [3.63, 3.8) is 0 Å². The lowest BCUT2D eigenvalue weighted by Crippen LogP contribution is -2.20. The first-order chi connectivity index (χ1) is 12.5. The number of guanidine groups is 1. The van der Waals surface area contributed by atoms with Gasteiger partial charge in [-0.3, -0.25) is 4.79 Å². The van der Waals surface area contributed by atoms with Gasteiger partial charge in [0.25, 0.3) is 0 Å². The maximum Gasteiger partial charge on any atom is 0.226 e. The molecular formula is C20H16FN3O2. The Labute approximate surface area is 150 Å². The Morgan fingerprint density at radius 2 is 1.73 bits per heavy atom. The fourth-order valence-electron chi connectivity index (χ4n) is 3.10. The highest BCUT2D eigenvalue weighted by Gasteiger charge is 2.35. The van der Waals surface area contributed by atoms with E-state index in [9.17, 15) is 9.18 Å². The molecule has 0 N–H and O–H groups in total. The van der Waals surface area contributed by atoms with Crippen LogP contribution in [-0.4, -0.2) is 43.6 Å². The van der Waals surface area contributed by atoms with Crippen LogP contribution in [0.3, 0.4) is 0 Å². The Bertz CT molecular complexity index is 1040. The molecule has 2 aromatic carbocycles. The van der Waals surface area contributed by atoms with E-state index in [2.05, 4.69) is 9.98 Å². The zero-order valence-electron chi connectivity index (χ0n) is 14.6. The maximum atomic E-state index is 14.7. The molecule has 1 aliphatic carbocycles. The van der Waals surface area contributed by atoms with Crippen molar-refractivity contribution >= 4 is 23.0 Å². The third-order valence-electron chi connectivity index (χ3n) is 4.38. The molecule has 0 bridgehead atoms. The predicted molar refractivity (Wildman–Crippen MR) is 98.3 cm³/mol. The van der Waals surface area contributed by atoms with Crippen molar-refractivity contribution < 1.29 is 13.9 Å². The third-order valence-corrected chi connectivity index (χ3v) is 4.38. The van der Waals surface area contributed by atoms with Crippen molar-refractivity contribution in [2.24, 2.45) is 9.98 Å². The number of fused-ring (bicyclic) bond motifs is 3. The maximum absolute atomic E-state index is 14.7. The number of halogens is 1. The number of ketones is 1. The minimum Gasteiger partial charge on any atom is -0.497 e. The number of carbonyl (C=O) groups is 1. The molecule has 130 valence electrons. The largest absolute Gasteiger partial charge is 0.497 e. The van der Waals surface area contributed by atoms with Crippen molar-refractivity contribution in [1.82, 2.24) is 4.90 Å². The Morgan fingerprint density at radius 1 is 1.00 bits per heavy atom. The van der Waals surface area contributed by atoms with E-state index in [1.165, 1.54) is 13.2 Å². The van der Waals surface area contributed by atoms with Crippen LogP contribution in [-0.2, 0) is 0 Å². The van der Waals surface area contributed by atoms with E-state index in [4.69, 9.17) is 4.74 Å². The van der Waals surface area contributed by atoms with Gasteiger partial charge in [0.15, 0.2) is 5.78 Å². The Balaban J connectivity index is 2.00. The zero-order chi connectivity index (χ0) is 18.4. The Hall–Kier alpha value is -3.28. The SMILES string of the molecule is COc1ccc(C2=C3N=C(N(C)C)N=C3c3ccccc3C2=O)c(F)c1. The summed E-state index contributed by atoms with van der Waals surface area (Å²) in [4.78, 5) is 24.0. The molecule has 0 fully saturated rings. The van der Waals surface area contributed by atoms with Crippen LogP contribution in [0, 0.1) is 5.82 Å². The van der Waals surface area contributed by atoms with Crippen molar-refractivity contribution in [3.05, 3.63) is 70.7 Å². The summed E-state index contributed by atoms with van der Waals surface area (Å²) in [6.07, 6.45) is 0. The van der Waals surface area contributed by atoms with Crippen LogP contribution < -0.4 is 4.74 Å². The molecule has 0 unspecified atom stereocenters. The Morgan fingerprint density at radius 3 is 2.38 bits per heavy atom. The first-order valence-electron chi connectivity index (χ1n) is 8.08. The monoisotopic (exact) mass is 349 g/mol. The van der Waals surface area contributed by atoms with Crippen molar-refractivity contribution in [2.75, 3.05) is 21.2 Å². The number of rotatable bonds is 2. The lowest BCUT2D eigenvalue weighted by molar-refractivity contribution is 0.105. The van der Waals surface area contributed by atoms with Gasteiger partial charge >= 0.3 is 0 Å². The first-order valence-corrected chi connectivity index (χ1v) is 8.08. The fraction of sp³-hybridized carbons (Fsp3) is 0.150. The quantitative estimate of drug-likeness (QED) is 0.837. The summed E-state index contributed by atoms with van der Waals surface area (Å²) in [5, 5.41) is 0. The first kappa shape index (κ1) is 16.2. The highest BCUT2D eigenvalue weighted by molar-refractivity contribution is 6.43. The van der Waals surface area contributed by atoms with Crippen LogP contribution in [0.4, 0.5) is 4.39 Å². The molecule has 0 saturated carbocycles. The van der Waals surface area contributed by atoms with E-state index in [0.717, 1.165) is 0 Å². The van der Waals surface area contributed by atoms with Gasteiger partial charge in [-0.15, -0.1) is 0 Å². The van der Waals surface area contributed by atoms with Crippen LogP contribution in [0.15, 0.2) is 58.1 Å². The summed E-state index contributed by atoms with van der Waals surface area (Å²) in [5.74, 6) is 0.0685. The topological polar surface area (TPSA) is 54.3 Å². The highest BCUT2D eigenvalue weighted by Crippen LogP contribution is 2.37. The lowest BCUT2D eigenvalue weighted by atomic mass is 9.83. The number of benzene rings is 2. The summed E-state index contributed by atoms with van der Waals surface area (Å²) in [6.45, 7) is 0. The summed E-state index contributed by atoms with van der Waals surface area (Å²) in [5.41, 5.74) is 2.62. The number of allylic oxidation sites excluding steroid dienone is 2. The molecule has 1 aliphatic heterocycles. The van der Waals surface area contributed by atoms with E-state index >= 15 is 0 Å². The molecule has 6 heteroatoms. The van der Waals surface area contributed by atoms with Gasteiger partial charge in [-0.2, -0.15) is 0 Å². The van der Waals surface area contributed by atoms with Gasteiger partial charge in [0.2, 0.25) is 5.96 Å². The van der Waals surface area contributed by atoms with E-state index in [-0.39, 0.29) is 16.9 Å². The molecule has 4 rings (SSSR count). The van der Waals surface area contributed by atoms with E-state index < -0.39 is 5.82 Å². The standard InChI is InChI=1S/C20H16FN3O2/c1-24(2)20-22-17-12-6-4-5-7-13(12)19(25)16(18(17)23-20)14-9-8-11(26-3)10-15(14)21/h4-10H,1-3H3. The smallest absolute Gasteiger partial charge is 0.226 e. The second kappa shape index (κ2) is 5.91. The van der Waals surface area contributed by atoms with Crippen LogP contribution in [0.5, 0.6) is 5.75 Å². The average Bonchev–Trinajstić information content (AvgIpc) is 3.08. The average molecular weight is 349 g/mol. The number of hydrogen-bond acceptors (Lipinski definition) is 5. The second-order valence-corrected chi connectivity index (χ2v) is 6.21. The molecule has 2 aliphatic rings. The third kappa shape index (κ3) is 2.34. The van der Waals surface area contributed by atoms with E-state index in [1.807, 2.05) is 26.2 Å². The van der Waals surface area contributed by atoms with Crippen LogP contribution in [0.1, 0.15) is 21.5 Å². The Kier molecular flexibility index (Phi) is 3.68. The summed E-state index contributed by atoms with van der Waals surface area (Å²) >= 11 is 0. The van der Waals surface area contributed by atoms with Gasteiger partial charge in [-0.25, -0.2) is 14.4 Å². The molecule has 2 aromatic rings. The van der Waals surface area contributed by atoms with Crippen LogP contribution in [0.2, 0.25) is 0 Å². The molecular weight excluding hydrogens is 333 g/mol. The number of hydrogen-bond donors (Lipinski definition) is 0. The second-order valence-electron chi connectivity index (χ2n) is 6.21. The van der Waals surface area contributed by atoms with Gasteiger partial charge in [-0.05, 0) is 12.1 Å². The van der Waals surface area contributed by atoms with Crippen molar-refractivity contribution in [3.8, 4) is 5.75 Å². The van der Waals surface area contributed by atoms with Gasteiger partial charge in [0.05, 0.1) is 12.7 Å². The van der Waals surface area contributed by atoms with Crippen molar-refractivity contribution in [2.45, 2.75) is 0 Å². The number of nitrogens with zero attached hydrogens (tertiary/aromatic N) is 3. The molecule has 0 aromatic heterocycles. The van der Waals surface area contributed by atoms with Gasteiger partial charge in [0.1, 0.15) is 23.0 Å². The number of aliphatic imine (C=N–C) groups is 2. The van der Waals surface area contributed by atoms with Crippen LogP contribution in [0.25, 0.3) is 5.57 Å². The van der Waals surface area contributed by atoms with E-state index in [1.54, 1.807) is 29.2 Å². The molecule has 0 amide bonds. The fourth-order valence-corrected chi connectivity index (χ4v) is 3.10. The zero-order valence-corrected chi connectivity index (χ0v) is 14.6. The van der Waals surface area contributed by atoms with E-state index in [0.29, 0.717) is 34.2 Å². The number of carbonyl (C=O) groups excluding carboxylic acids is 1. The number of ether oxygens (including phenoxy) is 1. The molecule has 1 heterocycles. The normalized spacial score (nSPS) is 15.3. The van der Waals surface area contributed by atoms with Crippen LogP contribution >= 0.6 is 0 Å². The molecule has 0 radical (unpaired) electrons. The van der Waals surface area contributed by atoms with Crippen molar-refractivity contribution in [1.29, 1.82) is 0 Å². The van der Waals surface area contributed by atoms with Gasteiger partial charge < -0.3 is 9.64 Å². The molecule has 0 spiro atoms. The molecule has 0 atom stereocenters. The number of methoxy groups -OCH3 is 1. The summed E-state index contributed by atoms with van der Waals surface area (Å²) in [6, 6.07) is 11.6. The number of Topliss-reactive ketones (excluding diaryl/α,β-unsaturated/α-hetero) is 1. The minimum atomic E-state index is -0.535. The van der Waals surface area contributed by atoms with Gasteiger partial charge in [0, 0.05) is 36.9 Å². The molecule has 0 saturated heterocycles.